The van der Waals surface area contributed by atoms with Crippen molar-refractivity contribution in [3.63, 3.8) is 0 Å². The summed E-state index contributed by atoms with van der Waals surface area (Å²) in [4.78, 5) is 19.9. The van der Waals surface area contributed by atoms with Gasteiger partial charge in [-0.3, -0.25) is 9.69 Å². The molecule has 0 bridgehead atoms. The maximum absolute atomic E-state index is 14.9. The van der Waals surface area contributed by atoms with Crippen molar-refractivity contribution < 1.29 is 9.18 Å². The van der Waals surface area contributed by atoms with Gasteiger partial charge < -0.3 is 20.4 Å². The number of carbonyl (C=O) groups excluding carboxylic acids is 1. The third-order valence-corrected chi connectivity index (χ3v) is 7.37. The minimum Gasteiger partial charge on any atom is -0.348 e. The Hall–Kier alpha value is -3.10. The van der Waals surface area contributed by atoms with Crippen molar-refractivity contribution in [2.45, 2.75) is 39.0 Å². The highest BCUT2D eigenvalue weighted by molar-refractivity contribution is 5.94. The summed E-state index contributed by atoms with van der Waals surface area (Å²) in [6, 6.07) is 21.5. The van der Waals surface area contributed by atoms with Crippen LogP contribution in [0.15, 0.2) is 66.7 Å². The van der Waals surface area contributed by atoms with Gasteiger partial charge in [-0.05, 0) is 100 Å². The lowest BCUT2D eigenvalue weighted by atomic mass is 10.00. The lowest BCUT2D eigenvalue weighted by molar-refractivity contribution is 0.0950. The number of benzene rings is 3. The van der Waals surface area contributed by atoms with E-state index in [1.54, 1.807) is 6.07 Å². The maximum Gasteiger partial charge on any atom is 0.251 e. The zero-order chi connectivity index (χ0) is 28.5. The standard InChI is InChI=1S/C33H44FN5O/c1-25-22-39(17-14-35-25)24-28-9-5-10-29(18-28)31-20-26(12-13-32(31)34)21-36-33(40)30-11-6-8-27(19-30)23-38(4)16-7-15-37(2)3/h5-6,8-13,18-20,25,35H,7,14-17,21-24H2,1-4H3,(H,36,40). The summed E-state index contributed by atoms with van der Waals surface area (Å²) in [5.41, 5.74) is 5.20. The van der Waals surface area contributed by atoms with Gasteiger partial charge in [0.1, 0.15) is 5.82 Å². The summed E-state index contributed by atoms with van der Waals surface area (Å²) >= 11 is 0. The second kappa shape index (κ2) is 14.5. The van der Waals surface area contributed by atoms with Gasteiger partial charge in [-0.25, -0.2) is 4.39 Å². The molecule has 0 saturated carbocycles. The Bertz CT molecular complexity index is 1260. The molecule has 1 unspecified atom stereocenters. The molecule has 2 N–H and O–H groups in total. The van der Waals surface area contributed by atoms with E-state index in [9.17, 15) is 9.18 Å². The van der Waals surface area contributed by atoms with E-state index in [1.807, 2.05) is 36.4 Å². The summed E-state index contributed by atoms with van der Waals surface area (Å²) in [6.45, 7) is 9.23. The molecule has 0 aliphatic carbocycles. The molecule has 1 fully saturated rings. The minimum atomic E-state index is -0.259. The number of nitrogens with zero attached hydrogens (tertiary/aromatic N) is 3. The van der Waals surface area contributed by atoms with Crippen molar-refractivity contribution in [2.24, 2.45) is 0 Å². The van der Waals surface area contributed by atoms with Crippen LogP contribution < -0.4 is 10.6 Å². The molecule has 1 amide bonds. The molecule has 4 rings (SSSR count). The lowest BCUT2D eigenvalue weighted by Gasteiger charge is -2.31. The fourth-order valence-electron chi connectivity index (χ4n) is 5.30. The molecular formula is C33H44FN5O. The first-order valence-corrected chi connectivity index (χ1v) is 14.3. The zero-order valence-electron chi connectivity index (χ0n) is 24.4. The van der Waals surface area contributed by atoms with Gasteiger partial charge in [-0.2, -0.15) is 0 Å². The number of nitrogens with one attached hydrogen (secondary N) is 2. The highest BCUT2D eigenvalue weighted by Gasteiger charge is 2.16. The van der Waals surface area contributed by atoms with E-state index in [0.717, 1.165) is 68.9 Å². The van der Waals surface area contributed by atoms with Gasteiger partial charge >= 0.3 is 0 Å². The first-order valence-electron chi connectivity index (χ1n) is 14.3. The van der Waals surface area contributed by atoms with Crippen molar-refractivity contribution in [1.82, 2.24) is 25.3 Å². The van der Waals surface area contributed by atoms with E-state index >= 15 is 0 Å². The first kappa shape index (κ1) is 29.9. The number of amides is 1. The number of carbonyl (C=O) groups is 1. The third-order valence-electron chi connectivity index (χ3n) is 7.37. The van der Waals surface area contributed by atoms with Crippen LogP contribution in [-0.2, 0) is 19.6 Å². The molecule has 1 saturated heterocycles. The number of hydrogen-bond acceptors (Lipinski definition) is 5. The molecule has 40 heavy (non-hydrogen) atoms. The van der Waals surface area contributed by atoms with Crippen LogP contribution in [0.25, 0.3) is 11.1 Å². The molecule has 6 nitrogen and oxygen atoms in total. The Morgan fingerprint density at radius 2 is 1.80 bits per heavy atom. The summed E-state index contributed by atoms with van der Waals surface area (Å²) in [6.07, 6.45) is 1.10. The second-order valence-electron chi connectivity index (χ2n) is 11.4. The van der Waals surface area contributed by atoms with E-state index in [4.69, 9.17) is 0 Å². The van der Waals surface area contributed by atoms with Crippen molar-refractivity contribution in [3.8, 4) is 11.1 Å². The van der Waals surface area contributed by atoms with Crippen molar-refractivity contribution in [1.29, 1.82) is 0 Å². The average molecular weight is 546 g/mol. The van der Waals surface area contributed by atoms with E-state index in [2.05, 4.69) is 71.6 Å². The maximum atomic E-state index is 14.9. The molecule has 1 atom stereocenters. The Morgan fingerprint density at radius 1 is 1.00 bits per heavy atom. The second-order valence-corrected chi connectivity index (χ2v) is 11.4. The van der Waals surface area contributed by atoms with Crippen LogP contribution in [-0.4, -0.2) is 80.5 Å². The summed E-state index contributed by atoms with van der Waals surface area (Å²) < 4.78 is 14.9. The molecule has 0 spiro atoms. The van der Waals surface area contributed by atoms with Crippen LogP contribution in [0.1, 0.15) is 40.4 Å². The Morgan fingerprint density at radius 3 is 2.60 bits per heavy atom. The van der Waals surface area contributed by atoms with Crippen LogP contribution >= 0.6 is 0 Å². The van der Waals surface area contributed by atoms with Crippen LogP contribution in [0.2, 0.25) is 0 Å². The summed E-state index contributed by atoms with van der Waals surface area (Å²) in [7, 11) is 6.28. The average Bonchev–Trinajstić information content (AvgIpc) is 2.92. The van der Waals surface area contributed by atoms with E-state index < -0.39 is 0 Å². The highest BCUT2D eigenvalue weighted by atomic mass is 19.1. The topological polar surface area (TPSA) is 50.9 Å². The van der Waals surface area contributed by atoms with Crippen LogP contribution in [0.3, 0.4) is 0 Å². The number of piperazine rings is 1. The monoisotopic (exact) mass is 545 g/mol. The molecule has 214 valence electrons. The molecule has 0 radical (unpaired) electrons. The number of rotatable bonds is 12. The van der Waals surface area contributed by atoms with Gasteiger partial charge in [0.2, 0.25) is 0 Å². The molecule has 1 aliphatic rings. The van der Waals surface area contributed by atoms with Gasteiger partial charge in [0.15, 0.2) is 0 Å². The molecule has 1 aliphatic heterocycles. The number of halogens is 1. The summed E-state index contributed by atoms with van der Waals surface area (Å²) in [5.74, 6) is -0.388. The lowest BCUT2D eigenvalue weighted by Crippen LogP contribution is -2.48. The third kappa shape index (κ3) is 8.96. The fraction of sp³-hybridized carbons (Fsp3) is 0.424. The molecule has 1 heterocycles. The van der Waals surface area contributed by atoms with Gasteiger partial charge in [0.25, 0.3) is 5.91 Å². The fourth-order valence-corrected chi connectivity index (χ4v) is 5.30. The van der Waals surface area contributed by atoms with Crippen LogP contribution in [0.4, 0.5) is 4.39 Å². The first-order chi connectivity index (χ1) is 19.3. The molecule has 0 aromatic heterocycles. The van der Waals surface area contributed by atoms with Crippen molar-refractivity contribution >= 4 is 5.91 Å². The minimum absolute atomic E-state index is 0.129. The molecule has 7 heteroatoms. The Labute approximate surface area is 239 Å². The highest BCUT2D eigenvalue weighted by Crippen LogP contribution is 2.26. The van der Waals surface area contributed by atoms with Gasteiger partial charge in [-0.1, -0.05) is 36.4 Å². The SMILES string of the molecule is CC1CN(Cc2cccc(-c3cc(CNC(=O)c4cccc(CN(C)CCCN(C)C)c4)ccc3F)c2)CCN1. The quantitative estimate of drug-likeness (QED) is 0.349. The smallest absolute Gasteiger partial charge is 0.251 e. The van der Waals surface area contributed by atoms with Crippen LogP contribution in [0, 0.1) is 5.82 Å². The predicted molar refractivity (Wildman–Crippen MR) is 162 cm³/mol. The van der Waals surface area contributed by atoms with Crippen molar-refractivity contribution in [2.75, 3.05) is 53.9 Å². The largest absolute Gasteiger partial charge is 0.348 e. The molecule has 3 aromatic rings. The normalized spacial score (nSPS) is 16.0. The molecular weight excluding hydrogens is 501 g/mol. The van der Waals surface area contributed by atoms with E-state index in [1.165, 1.54) is 11.6 Å². The van der Waals surface area contributed by atoms with E-state index in [-0.39, 0.29) is 11.7 Å². The zero-order valence-corrected chi connectivity index (χ0v) is 24.4. The van der Waals surface area contributed by atoms with Gasteiger partial charge in [0, 0.05) is 56.4 Å². The van der Waals surface area contributed by atoms with Crippen molar-refractivity contribution in [3.05, 3.63) is 94.8 Å². The summed E-state index contributed by atoms with van der Waals surface area (Å²) in [5, 5.41) is 6.49. The number of hydrogen-bond donors (Lipinski definition) is 2. The van der Waals surface area contributed by atoms with Gasteiger partial charge in [0.05, 0.1) is 0 Å². The van der Waals surface area contributed by atoms with E-state index in [0.29, 0.717) is 23.7 Å². The Kier molecular flexibility index (Phi) is 10.8. The van der Waals surface area contributed by atoms with Crippen LogP contribution in [0.5, 0.6) is 0 Å². The Balaban J connectivity index is 1.36. The van der Waals surface area contributed by atoms with Gasteiger partial charge in [-0.15, -0.1) is 0 Å². The molecule has 3 aromatic carbocycles. The predicted octanol–water partition coefficient (Wildman–Crippen LogP) is 4.60.